The predicted molar refractivity (Wildman–Crippen MR) is 69.6 cm³/mol. The Morgan fingerprint density at radius 3 is 2.59 bits per heavy atom. The standard InChI is InChI=1S/C13H12BrNO2/c1-2-16-12-5-3-4-6-13(12)17-11-7-8-15-9-10(11)14/h3-9H,2H2,1H3. The van der Waals surface area contributed by atoms with Crippen molar-refractivity contribution in [3.8, 4) is 17.2 Å². The van der Waals surface area contributed by atoms with Gasteiger partial charge in [0.05, 0.1) is 11.1 Å². The summed E-state index contributed by atoms with van der Waals surface area (Å²) in [5, 5.41) is 0. The van der Waals surface area contributed by atoms with Gasteiger partial charge in [-0.05, 0) is 35.0 Å². The lowest BCUT2D eigenvalue weighted by Gasteiger charge is -2.11. The zero-order valence-electron chi connectivity index (χ0n) is 9.39. The largest absolute Gasteiger partial charge is 0.490 e. The number of rotatable bonds is 4. The predicted octanol–water partition coefficient (Wildman–Crippen LogP) is 4.04. The van der Waals surface area contributed by atoms with E-state index in [9.17, 15) is 0 Å². The molecule has 0 unspecified atom stereocenters. The molecule has 0 amide bonds. The van der Waals surface area contributed by atoms with Gasteiger partial charge < -0.3 is 9.47 Å². The van der Waals surface area contributed by atoms with Gasteiger partial charge in [0.15, 0.2) is 11.5 Å². The lowest BCUT2D eigenvalue weighted by Crippen LogP contribution is -1.95. The first kappa shape index (κ1) is 11.9. The fraction of sp³-hybridized carbons (Fsp3) is 0.154. The number of hydrogen-bond acceptors (Lipinski definition) is 3. The van der Waals surface area contributed by atoms with Crippen molar-refractivity contribution in [2.24, 2.45) is 0 Å². The molecule has 0 saturated heterocycles. The number of hydrogen-bond donors (Lipinski definition) is 0. The van der Waals surface area contributed by atoms with Crippen LogP contribution in [-0.2, 0) is 0 Å². The van der Waals surface area contributed by atoms with Crippen molar-refractivity contribution >= 4 is 15.9 Å². The van der Waals surface area contributed by atoms with Gasteiger partial charge in [-0.25, -0.2) is 0 Å². The molecule has 0 saturated carbocycles. The molecule has 0 fully saturated rings. The van der Waals surface area contributed by atoms with E-state index in [1.807, 2.05) is 31.2 Å². The molecule has 88 valence electrons. The summed E-state index contributed by atoms with van der Waals surface area (Å²) in [4.78, 5) is 3.99. The van der Waals surface area contributed by atoms with Gasteiger partial charge >= 0.3 is 0 Å². The van der Waals surface area contributed by atoms with E-state index in [0.717, 1.165) is 10.2 Å². The van der Waals surface area contributed by atoms with Crippen LogP contribution in [0.5, 0.6) is 17.2 Å². The molecule has 0 aliphatic heterocycles. The summed E-state index contributed by atoms with van der Waals surface area (Å²) < 4.78 is 12.1. The van der Waals surface area contributed by atoms with Crippen LogP contribution in [-0.4, -0.2) is 11.6 Å². The third-order valence-electron chi connectivity index (χ3n) is 2.10. The quantitative estimate of drug-likeness (QED) is 0.853. The SMILES string of the molecule is CCOc1ccccc1Oc1ccncc1Br. The maximum Gasteiger partial charge on any atom is 0.169 e. The highest BCUT2D eigenvalue weighted by molar-refractivity contribution is 9.10. The zero-order chi connectivity index (χ0) is 12.1. The lowest BCUT2D eigenvalue weighted by atomic mass is 10.3. The van der Waals surface area contributed by atoms with Crippen LogP contribution in [0.15, 0.2) is 47.2 Å². The second-order valence-electron chi connectivity index (χ2n) is 3.29. The van der Waals surface area contributed by atoms with Gasteiger partial charge in [0, 0.05) is 18.5 Å². The van der Waals surface area contributed by atoms with Crippen molar-refractivity contribution in [1.29, 1.82) is 0 Å². The number of aromatic nitrogens is 1. The highest BCUT2D eigenvalue weighted by Crippen LogP contribution is 2.34. The molecule has 0 aliphatic carbocycles. The molecule has 4 heteroatoms. The Kier molecular flexibility index (Phi) is 3.98. The molecule has 0 N–H and O–H groups in total. The number of benzene rings is 1. The number of nitrogens with zero attached hydrogens (tertiary/aromatic N) is 1. The average Bonchev–Trinajstić information content (AvgIpc) is 2.35. The van der Waals surface area contributed by atoms with Gasteiger partial charge in [0.25, 0.3) is 0 Å². The fourth-order valence-corrected chi connectivity index (χ4v) is 1.70. The van der Waals surface area contributed by atoms with Crippen LogP contribution in [0.1, 0.15) is 6.92 Å². The minimum absolute atomic E-state index is 0.609. The molecule has 2 rings (SSSR count). The Morgan fingerprint density at radius 1 is 1.12 bits per heavy atom. The first-order valence-electron chi connectivity index (χ1n) is 5.30. The Morgan fingerprint density at radius 2 is 1.88 bits per heavy atom. The van der Waals surface area contributed by atoms with Crippen molar-refractivity contribution in [1.82, 2.24) is 4.98 Å². The van der Waals surface area contributed by atoms with Crippen LogP contribution >= 0.6 is 15.9 Å². The summed E-state index contributed by atoms with van der Waals surface area (Å²) in [6, 6.07) is 9.38. The molecule has 0 bridgehead atoms. The van der Waals surface area contributed by atoms with Crippen molar-refractivity contribution in [3.63, 3.8) is 0 Å². The molecule has 0 radical (unpaired) electrons. The van der Waals surface area contributed by atoms with Gasteiger partial charge in [-0.1, -0.05) is 12.1 Å². The molecule has 0 atom stereocenters. The summed E-state index contributed by atoms with van der Waals surface area (Å²) >= 11 is 3.39. The van der Waals surface area contributed by atoms with E-state index in [1.165, 1.54) is 0 Å². The Balaban J connectivity index is 2.27. The Labute approximate surface area is 109 Å². The monoisotopic (exact) mass is 293 g/mol. The molecule has 1 aromatic carbocycles. The van der Waals surface area contributed by atoms with Crippen LogP contribution in [0.3, 0.4) is 0 Å². The summed E-state index contributed by atoms with van der Waals surface area (Å²) in [6.07, 6.45) is 3.38. The molecule has 1 heterocycles. The second kappa shape index (κ2) is 5.68. The van der Waals surface area contributed by atoms with Gasteiger partial charge in [-0.3, -0.25) is 4.98 Å². The number of ether oxygens (including phenoxy) is 2. The summed E-state index contributed by atoms with van der Waals surface area (Å²) in [5.41, 5.74) is 0. The smallest absolute Gasteiger partial charge is 0.169 e. The van der Waals surface area contributed by atoms with Crippen LogP contribution in [0, 0.1) is 0 Å². The van der Waals surface area contributed by atoms with E-state index in [-0.39, 0.29) is 0 Å². The van der Waals surface area contributed by atoms with Crippen LogP contribution in [0.25, 0.3) is 0 Å². The van der Waals surface area contributed by atoms with Crippen molar-refractivity contribution < 1.29 is 9.47 Å². The molecular formula is C13H12BrNO2. The minimum Gasteiger partial charge on any atom is -0.490 e. The summed E-state index contributed by atoms with van der Waals surface area (Å²) in [7, 11) is 0. The zero-order valence-corrected chi connectivity index (χ0v) is 11.0. The summed E-state index contributed by atoms with van der Waals surface area (Å²) in [5.74, 6) is 2.15. The molecule has 1 aromatic heterocycles. The van der Waals surface area contributed by atoms with Crippen LogP contribution < -0.4 is 9.47 Å². The van der Waals surface area contributed by atoms with E-state index < -0.39 is 0 Å². The fourth-order valence-electron chi connectivity index (χ4n) is 1.37. The lowest BCUT2D eigenvalue weighted by molar-refractivity contribution is 0.321. The molecule has 0 aliphatic rings. The second-order valence-corrected chi connectivity index (χ2v) is 4.14. The van der Waals surface area contributed by atoms with Gasteiger partial charge in [-0.15, -0.1) is 0 Å². The van der Waals surface area contributed by atoms with Gasteiger partial charge in [0.1, 0.15) is 5.75 Å². The molecule has 3 nitrogen and oxygen atoms in total. The Hall–Kier alpha value is -1.55. The third-order valence-corrected chi connectivity index (χ3v) is 2.70. The van der Waals surface area contributed by atoms with E-state index >= 15 is 0 Å². The van der Waals surface area contributed by atoms with Gasteiger partial charge in [-0.2, -0.15) is 0 Å². The van der Waals surface area contributed by atoms with Gasteiger partial charge in [0.2, 0.25) is 0 Å². The number of para-hydroxylation sites is 2. The van der Waals surface area contributed by atoms with E-state index in [2.05, 4.69) is 20.9 Å². The van der Waals surface area contributed by atoms with Crippen molar-refractivity contribution in [2.75, 3.05) is 6.61 Å². The normalized spacial score (nSPS) is 10.0. The van der Waals surface area contributed by atoms with E-state index in [4.69, 9.17) is 9.47 Å². The highest BCUT2D eigenvalue weighted by atomic mass is 79.9. The Bertz CT molecular complexity index is 502. The molecule has 0 spiro atoms. The molecule has 17 heavy (non-hydrogen) atoms. The first-order chi connectivity index (χ1) is 8.31. The third kappa shape index (κ3) is 2.97. The maximum absolute atomic E-state index is 5.78. The first-order valence-corrected chi connectivity index (χ1v) is 6.09. The minimum atomic E-state index is 0.609. The van der Waals surface area contributed by atoms with E-state index in [1.54, 1.807) is 18.5 Å². The average molecular weight is 294 g/mol. The molecule has 2 aromatic rings. The van der Waals surface area contributed by atoms with Crippen molar-refractivity contribution in [2.45, 2.75) is 6.92 Å². The van der Waals surface area contributed by atoms with E-state index in [0.29, 0.717) is 18.1 Å². The van der Waals surface area contributed by atoms with Crippen LogP contribution in [0.4, 0.5) is 0 Å². The molecular weight excluding hydrogens is 282 g/mol. The maximum atomic E-state index is 5.78. The summed E-state index contributed by atoms with van der Waals surface area (Å²) in [6.45, 7) is 2.55. The topological polar surface area (TPSA) is 31.4 Å². The van der Waals surface area contributed by atoms with Crippen LogP contribution in [0.2, 0.25) is 0 Å². The highest BCUT2D eigenvalue weighted by Gasteiger charge is 2.07. The number of pyridine rings is 1. The number of halogens is 1. The van der Waals surface area contributed by atoms with Crippen molar-refractivity contribution in [3.05, 3.63) is 47.2 Å².